The van der Waals surface area contributed by atoms with E-state index in [2.05, 4.69) is 25.6 Å². The molecular weight excluding hydrogens is 366 g/mol. The van der Waals surface area contributed by atoms with Gasteiger partial charge in [0, 0.05) is 23.8 Å². The number of halogens is 2. The lowest BCUT2D eigenvalue weighted by molar-refractivity contribution is 0.242. The highest BCUT2D eigenvalue weighted by Gasteiger charge is 2.25. The number of rotatable bonds is 6. The third-order valence-electron chi connectivity index (χ3n) is 2.55. The number of sulfonamides is 1. The van der Waals surface area contributed by atoms with E-state index in [1.165, 1.54) is 12.3 Å². The number of hydrogen-bond acceptors (Lipinski definition) is 4. The molecule has 1 rings (SSSR count). The summed E-state index contributed by atoms with van der Waals surface area (Å²) in [6.45, 7) is 5.07. The molecule has 1 aromatic heterocycles. The minimum absolute atomic E-state index is 0.0193. The predicted octanol–water partition coefficient (Wildman–Crippen LogP) is 2.36. The van der Waals surface area contributed by atoms with E-state index in [-0.39, 0.29) is 15.5 Å². The summed E-state index contributed by atoms with van der Waals surface area (Å²) in [5, 5.41) is -0.0360. The normalized spacial score (nSPS) is 12.9. The van der Waals surface area contributed by atoms with Crippen molar-refractivity contribution in [2.75, 3.05) is 27.2 Å². The first-order valence-corrected chi connectivity index (χ1v) is 8.64. The molecule has 1 heterocycles. The predicted molar refractivity (Wildman–Crippen MR) is 84.5 cm³/mol. The fraction of sp³-hybridized carbons (Fsp3) is 0.583. The van der Waals surface area contributed by atoms with E-state index in [4.69, 9.17) is 11.6 Å². The number of aromatic nitrogens is 1. The van der Waals surface area contributed by atoms with Gasteiger partial charge in [0.15, 0.2) is 0 Å². The van der Waals surface area contributed by atoms with Crippen LogP contribution >= 0.6 is 27.5 Å². The molecule has 0 aliphatic heterocycles. The zero-order valence-corrected chi connectivity index (χ0v) is 15.1. The molecule has 0 saturated carbocycles. The van der Waals surface area contributed by atoms with Crippen LogP contribution in [0, 0.1) is 5.41 Å². The van der Waals surface area contributed by atoms with Gasteiger partial charge in [0.25, 0.3) is 0 Å². The van der Waals surface area contributed by atoms with Crippen LogP contribution in [0.25, 0.3) is 0 Å². The average Bonchev–Trinajstić information content (AvgIpc) is 2.28. The molecule has 114 valence electrons. The van der Waals surface area contributed by atoms with Crippen LogP contribution in [0.2, 0.25) is 5.15 Å². The van der Waals surface area contributed by atoms with Gasteiger partial charge in [-0.3, -0.25) is 0 Å². The Bertz CT molecular complexity index is 576. The zero-order valence-electron chi connectivity index (χ0n) is 11.9. The lowest BCUT2D eigenvalue weighted by atomic mass is 9.93. The Morgan fingerprint density at radius 2 is 2.05 bits per heavy atom. The van der Waals surface area contributed by atoms with Crippen molar-refractivity contribution < 1.29 is 8.42 Å². The summed E-state index contributed by atoms with van der Waals surface area (Å²) in [6.07, 6.45) is 1.46. The van der Waals surface area contributed by atoms with Gasteiger partial charge in [0.1, 0.15) is 10.0 Å². The summed E-state index contributed by atoms with van der Waals surface area (Å²) in [7, 11) is 0.224. The van der Waals surface area contributed by atoms with Gasteiger partial charge in [-0.2, -0.15) is 0 Å². The van der Waals surface area contributed by atoms with Crippen molar-refractivity contribution in [3.63, 3.8) is 0 Å². The zero-order chi connectivity index (χ0) is 15.6. The molecule has 8 heteroatoms. The van der Waals surface area contributed by atoms with Crippen LogP contribution in [-0.2, 0) is 10.0 Å². The van der Waals surface area contributed by atoms with E-state index in [9.17, 15) is 8.42 Å². The van der Waals surface area contributed by atoms with Crippen LogP contribution in [0.15, 0.2) is 21.6 Å². The number of hydrogen-bond donors (Lipinski definition) is 1. The smallest absolute Gasteiger partial charge is 0.243 e. The van der Waals surface area contributed by atoms with Gasteiger partial charge in [-0.25, -0.2) is 18.1 Å². The first-order valence-electron chi connectivity index (χ1n) is 5.99. The fourth-order valence-corrected chi connectivity index (χ4v) is 4.06. The minimum Gasteiger partial charge on any atom is -0.309 e. The van der Waals surface area contributed by atoms with E-state index in [0.29, 0.717) is 11.0 Å². The van der Waals surface area contributed by atoms with Crippen LogP contribution in [0.1, 0.15) is 13.8 Å². The van der Waals surface area contributed by atoms with Crippen molar-refractivity contribution in [3.05, 3.63) is 21.9 Å². The molecule has 0 spiro atoms. The van der Waals surface area contributed by atoms with Crippen molar-refractivity contribution in [2.45, 2.75) is 18.7 Å². The van der Waals surface area contributed by atoms with E-state index in [0.717, 1.165) is 6.54 Å². The molecule has 1 N–H and O–H groups in total. The molecule has 1 aromatic rings. The quantitative estimate of drug-likeness (QED) is 0.765. The summed E-state index contributed by atoms with van der Waals surface area (Å²) in [5.74, 6) is 0. The van der Waals surface area contributed by atoms with Gasteiger partial charge >= 0.3 is 0 Å². The van der Waals surface area contributed by atoms with Crippen molar-refractivity contribution in [3.8, 4) is 0 Å². The van der Waals surface area contributed by atoms with Crippen molar-refractivity contribution in [1.29, 1.82) is 0 Å². The summed E-state index contributed by atoms with van der Waals surface area (Å²) in [4.78, 5) is 5.83. The maximum absolute atomic E-state index is 12.3. The first kappa shape index (κ1) is 17.8. The second-order valence-corrected chi connectivity index (χ2v) is 8.68. The Morgan fingerprint density at radius 3 is 2.60 bits per heavy atom. The molecule has 0 amide bonds. The fourth-order valence-electron chi connectivity index (χ4n) is 1.87. The van der Waals surface area contributed by atoms with Gasteiger partial charge < -0.3 is 4.90 Å². The Balaban J connectivity index is 2.88. The lowest BCUT2D eigenvalue weighted by Crippen LogP contribution is -2.40. The first-order chi connectivity index (χ1) is 9.03. The van der Waals surface area contributed by atoms with E-state index >= 15 is 0 Å². The van der Waals surface area contributed by atoms with Crippen molar-refractivity contribution in [2.24, 2.45) is 5.41 Å². The summed E-state index contributed by atoms with van der Waals surface area (Å²) in [5.41, 5.74) is -0.192. The molecular formula is C12H19BrClN3O2S. The highest BCUT2D eigenvalue weighted by molar-refractivity contribution is 9.10. The average molecular weight is 385 g/mol. The molecule has 0 radical (unpaired) electrons. The molecule has 0 saturated heterocycles. The Morgan fingerprint density at radius 1 is 1.45 bits per heavy atom. The minimum atomic E-state index is -3.68. The second kappa shape index (κ2) is 6.70. The van der Waals surface area contributed by atoms with E-state index in [1.54, 1.807) is 0 Å². The molecule has 0 atom stereocenters. The van der Waals surface area contributed by atoms with Gasteiger partial charge in [0.05, 0.1) is 0 Å². The van der Waals surface area contributed by atoms with Gasteiger partial charge in [-0.15, -0.1) is 0 Å². The summed E-state index contributed by atoms with van der Waals surface area (Å²) in [6, 6.07) is 1.44. The molecule has 0 aromatic carbocycles. The third kappa shape index (κ3) is 5.29. The van der Waals surface area contributed by atoms with E-state index in [1.807, 2.05) is 32.8 Å². The van der Waals surface area contributed by atoms with Crippen molar-refractivity contribution in [1.82, 2.24) is 14.6 Å². The highest BCUT2D eigenvalue weighted by atomic mass is 79.9. The highest BCUT2D eigenvalue weighted by Crippen LogP contribution is 2.23. The molecule has 5 nitrogen and oxygen atoms in total. The van der Waals surface area contributed by atoms with Crippen LogP contribution in [0.3, 0.4) is 0 Å². The molecule has 0 fully saturated rings. The molecule has 0 aliphatic rings. The SMILES string of the molecule is CN(C)CC(C)(C)CNS(=O)(=O)c1cc(Br)cnc1Cl. The molecule has 0 unspecified atom stereocenters. The van der Waals surface area contributed by atoms with Crippen LogP contribution in [0.4, 0.5) is 0 Å². The number of nitrogens with zero attached hydrogens (tertiary/aromatic N) is 2. The number of nitrogens with one attached hydrogen (secondary N) is 1. The molecule has 0 bridgehead atoms. The van der Waals surface area contributed by atoms with Crippen LogP contribution in [-0.4, -0.2) is 45.5 Å². The van der Waals surface area contributed by atoms with Gasteiger partial charge in [0.2, 0.25) is 10.0 Å². The number of pyridine rings is 1. The van der Waals surface area contributed by atoms with Gasteiger partial charge in [-0.05, 0) is 41.5 Å². The van der Waals surface area contributed by atoms with Crippen LogP contribution < -0.4 is 4.72 Å². The Kier molecular flexibility index (Phi) is 5.98. The van der Waals surface area contributed by atoms with Crippen molar-refractivity contribution >= 4 is 37.6 Å². The Labute approximate surface area is 133 Å². The summed E-state index contributed by atoms with van der Waals surface area (Å²) >= 11 is 9.05. The van der Waals surface area contributed by atoms with Gasteiger partial charge in [-0.1, -0.05) is 25.4 Å². The largest absolute Gasteiger partial charge is 0.309 e. The lowest BCUT2D eigenvalue weighted by Gasteiger charge is -2.28. The molecule has 20 heavy (non-hydrogen) atoms. The van der Waals surface area contributed by atoms with E-state index < -0.39 is 10.0 Å². The molecule has 0 aliphatic carbocycles. The third-order valence-corrected chi connectivity index (χ3v) is 4.81. The summed E-state index contributed by atoms with van der Waals surface area (Å²) < 4.78 is 27.7. The Hall–Kier alpha value is -0.210. The standard InChI is InChI=1S/C12H19BrClN3O2S/c1-12(2,8-17(3)4)7-16-20(18,19)10-5-9(13)6-15-11(10)14/h5-6,16H,7-8H2,1-4H3. The monoisotopic (exact) mass is 383 g/mol. The topological polar surface area (TPSA) is 62.3 Å². The maximum atomic E-state index is 12.3. The second-order valence-electron chi connectivity index (χ2n) is 5.67. The maximum Gasteiger partial charge on any atom is 0.243 e. The van der Waals surface area contributed by atoms with Crippen LogP contribution in [0.5, 0.6) is 0 Å².